The number of halogens is 5. The smallest absolute Gasteiger partial charge is 0.317 e. The van der Waals surface area contributed by atoms with Crippen LogP contribution in [0.25, 0.3) is 4.85 Å². The van der Waals surface area contributed by atoms with Crippen LogP contribution in [0.2, 0.25) is 0 Å². The van der Waals surface area contributed by atoms with Gasteiger partial charge in [0, 0.05) is 12.2 Å². The van der Waals surface area contributed by atoms with Gasteiger partial charge in [-0.3, -0.25) is 0 Å². The maximum absolute atomic E-state index is 12.1. The second-order valence-corrected chi connectivity index (χ2v) is 3.31. The molecule has 0 aromatic heterocycles. The Labute approximate surface area is 76.1 Å². The van der Waals surface area contributed by atoms with Gasteiger partial charge in [-0.25, -0.2) is 6.57 Å². The Morgan fingerprint density at radius 1 is 1.15 bits per heavy atom. The third-order valence-electron chi connectivity index (χ3n) is 1.03. The van der Waals surface area contributed by atoms with E-state index in [0.29, 0.717) is 0 Å². The van der Waals surface area contributed by atoms with Crippen molar-refractivity contribution in [3.05, 3.63) is 11.4 Å². The van der Waals surface area contributed by atoms with E-state index in [1.165, 1.54) is 0 Å². The Morgan fingerprint density at radius 2 is 1.69 bits per heavy atom. The molecule has 0 N–H and O–H groups in total. The summed E-state index contributed by atoms with van der Waals surface area (Å²) in [5.41, 5.74) is 0. The molecule has 0 bridgehead atoms. The van der Waals surface area contributed by atoms with Crippen LogP contribution in [-0.4, -0.2) is 23.7 Å². The molecule has 7 heteroatoms. The average molecular weight is 219 g/mol. The van der Waals surface area contributed by atoms with Crippen LogP contribution < -0.4 is 0 Å². The second kappa shape index (κ2) is 4.65. The van der Waals surface area contributed by atoms with Crippen LogP contribution in [0.5, 0.6) is 0 Å². The average Bonchev–Trinajstić information content (AvgIpc) is 1.96. The fourth-order valence-corrected chi connectivity index (χ4v) is 1.12. The van der Waals surface area contributed by atoms with Gasteiger partial charge in [0.2, 0.25) is 6.54 Å². The molecule has 0 atom stereocenters. The Hall–Kier alpha value is -0.510. The molecule has 1 nitrogen and oxygen atoms in total. The molecule has 0 aliphatic rings. The van der Waals surface area contributed by atoms with Gasteiger partial charge in [0.05, 0.1) is 0 Å². The minimum Gasteiger partial charge on any atom is -0.317 e. The summed E-state index contributed by atoms with van der Waals surface area (Å²) in [5.74, 6) is -0.366. The molecule has 0 aromatic rings. The van der Waals surface area contributed by atoms with Crippen molar-refractivity contribution in [3.8, 4) is 0 Å². The van der Waals surface area contributed by atoms with Crippen LogP contribution in [0.4, 0.5) is 22.0 Å². The second-order valence-electron chi connectivity index (χ2n) is 2.10. The SMILES string of the molecule is [C-]#[N+]CCCSC(F)(F)C(F)(F)F. The first-order valence-corrected chi connectivity index (χ1v) is 4.21. The number of thioether (sulfide) groups is 1. The summed E-state index contributed by atoms with van der Waals surface area (Å²) in [6.07, 6.45) is -5.46. The highest BCUT2D eigenvalue weighted by Gasteiger charge is 2.57. The zero-order valence-corrected chi connectivity index (χ0v) is 7.18. The molecule has 0 heterocycles. The van der Waals surface area contributed by atoms with Gasteiger partial charge in [0.25, 0.3) is 0 Å². The molecule has 0 amide bonds. The largest absolute Gasteiger partial charge is 0.464 e. The predicted octanol–water partition coefficient (Wildman–Crippen LogP) is 3.18. The summed E-state index contributed by atoms with van der Waals surface area (Å²) in [4.78, 5) is 2.83. The highest BCUT2D eigenvalue weighted by Crippen LogP contribution is 2.44. The predicted molar refractivity (Wildman–Crippen MR) is 39.5 cm³/mol. The van der Waals surface area contributed by atoms with Crippen molar-refractivity contribution in [2.24, 2.45) is 0 Å². The van der Waals surface area contributed by atoms with Crippen LogP contribution >= 0.6 is 11.8 Å². The normalized spacial score (nSPS) is 12.6. The maximum Gasteiger partial charge on any atom is 0.464 e. The first-order chi connectivity index (χ1) is 5.81. The standard InChI is InChI=1S/C6H6F5NS/c1-12-3-2-4-13-6(10,11)5(7,8)9/h2-4H2. The van der Waals surface area contributed by atoms with Crippen molar-refractivity contribution in [3.63, 3.8) is 0 Å². The lowest BCUT2D eigenvalue weighted by Gasteiger charge is -2.17. The molecule has 76 valence electrons. The topological polar surface area (TPSA) is 4.36 Å². The van der Waals surface area contributed by atoms with E-state index in [1.807, 2.05) is 0 Å². The van der Waals surface area contributed by atoms with Gasteiger partial charge in [0.1, 0.15) is 0 Å². The molecule has 0 saturated carbocycles. The molecule has 0 unspecified atom stereocenters. The minimum absolute atomic E-state index is 0.0268. The molecule has 0 aliphatic heterocycles. The van der Waals surface area contributed by atoms with E-state index in [9.17, 15) is 22.0 Å². The van der Waals surface area contributed by atoms with Gasteiger partial charge < -0.3 is 4.85 Å². The lowest BCUT2D eigenvalue weighted by Crippen LogP contribution is -2.33. The van der Waals surface area contributed by atoms with Crippen molar-refractivity contribution in [1.82, 2.24) is 0 Å². The van der Waals surface area contributed by atoms with Crippen LogP contribution in [-0.2, 0) is 0 Å². The zero-order valence-electron chi connectivity index (χ0n) is 6.37. The summed E-state index contributed by atoms with van der Waals surface area (Å²) in [5, 5.41) is -4.70. The Kier molecular flexibility index (Phi) is 4.47. The first-order valence-electron chi connectivity index (χ1n) is 3.23. The van der Waals surface area contributed by atoms with Gasteiger partial charge in [-0.05, 0) is 0 Å². The summed E-state index contributed by atoms with van der Waals surface area (Å²) in [6, 6.07) is 0. The molecule has 0 fully saturated rings. The van der Waals surface area contributed by atoms with Gasteiger partial charge >= 0.3 is 11.4 Å². The number of nitrogens with zero attached hydrogens (tertiary/aromatic N) is 1. The van der Waals surface area contributed by atoms with Gasteiger partial charge in [-0.1, -0.05) is 11.8 Å². The fraction of sp³-hybridized carbons (Fsp3) is 0.833. The van der Waals surface area contributed by atoms with E-state index < -0.39 is 23.2 Å². The molecule has 0 radical (unpaired) electrons. The lowest BCUT2D eigenvalue weighted by molar-refractivity contribution is -0.237. The Bertz CT molecular complexity index is 194. The molecule has 0 rings (SSSR count). The maximum atomic E-state index is 12.1. The van der Waals surface area contributed by atoms with E-state index in [4.69, 9.17) is 6.57 Å². The van der Waals surface area contributed by atoms with Gasteiger partial charge in [-0.2, -0.15) is 22.0 Å². The molecular formula is C6H6F5NS. The molecule has 0 spiro atoms. The molecule has 0 saturated heterocycles. The van der Waals surface area contributed by atoms with Crippen molar-refractivity contribution in [1.29, 1.82) is 0 Å². The van der Waals surface area contributed by atoms with Crippen molar-refractivity contribution in [2.45, 2.75) is 17.9 Å². The molecular weight excluding hydrogens is 213 g/mol. The third kappa shape index (κ3) is 4.31. The van der Waals surface area contributed by atoms with E-state index in [1.54, 1.807) is 0 Å². The minimum atomic E-state index is -5.50. The van der Waals surface area contributed by atoms with E-state index in [-0.39, 0.29) is 18.7 Å². The number of hydrogen-bond acceptors (Lipinski definition) is 1. The van der Waals surface area contributed by atoms with Gasteiger partial charge in [0.15, 0.2) is 0 Å². The fourth-order valence-electron chi connectivity index (χ4n) is 0.426. The van der Waals surface area contributed by atoms with Gasteiger partial charge in [-0.15, -0.1) is 0 Å². The van der Waals surface area contributed by atoms with Crippen LogP contribution in [0.15, 0.2) is 0 Å². The molecule has 13 heavy (non-hydrogen) atoms. The summed E-state index contributed by atoms with van der Waals surface area (Å²) in [6.45, 7) is 6.24. The monoisotopic (exact) mass is 219 g/mol. The van der Waals surface area contributed by atoms with Crippen molar-refractivity contribution < 1.29 is 22.0 Å². The zero-order chi connectivity index (χ0) is 10.5. The van der Waals surface area contributed by atoms with Crippen LogP contribution in [0.1, 0.15) is 6.42 Å². The Balaban J connectivity index is 3.85. The summed E-state index contributed by atoms with van der Waals surface area (Å²) in [7, 11) is 0. The van der Waals surface area contributed by atoms with Crippen molar-refractivity contribution >= 4 is 11.8 Å². The highest BCUT2D eigenvalue weighted by molar-refractivity contribution is 8.00. The van der Waals surface area contributed by atoms with E-state index >= 15 is 0 Å². The quantitative estimate of drug-likeness (QED) is 0.399. The number of rotatable bonds is 4. The van der Waals surface area contributed by atoms with E-state index in [0.717, 1.165) is 0 Å². The van der Waals surface area contributed by atoms with Crippen molar-refractivity contribution in [2.75, 3.05) is 12.3 Å². The lowest BCUT2D eigenvalue weighted by atomic mass is 10.5. The number of hydrogen-bond donors (Lipinski definition) is 0. The highest BCUT2D eigenvalue weighted by atomic mass is 32.2. The number of alkyl halides is 5. The summed E-state index contributed by atoms with van der Waals surface area (Å²) >= 11 is -0.476. The molecule has 0 aromatic carbocycles. The Morgan fingerprint density at radius 3 is 2.08 bits per heavy atom. The van der Waals surface area contributed by atoms with Crippen LogP contribution in [0.3, 0.4) is 0 Å². The van der Waals surface area contributed by atoms with Crippen LogP contribution in [0, 0.1) is 6.57 Å². The first kappa shape index (κ1) is 12.5. The van der Waals surface area contributed by atoms with E-state index in [2.05, 4.69) is 4.85 Å². The third-order valence-corrected chi connectivity index (χ3v) is 2.11. The molecule has 0 aliphatic carbocycles. The summed E-state index contributed by atoms with van der Waals surface area (Å²) < 4.78 is 58.8.